The summed E-state index contributed by atoms with van der Waals surface area (Å²) in [7, 11) is 0. The molecule has 1 saturated carbocycles. The van der Waals surface area contributed by atoms with E-state index in [2.05, 4.69) is 15.5 Å². The highest BCUT2D eigenvalue weighted by Gasteiger charge is 2.31. The first-order valence-electron chi connectivity index (χ1n) is 6.38. The highest BCUT2D eigenvalue weighted by atomic mass is 35.5. The lowest BCUT2D eigenvalue weighted by Gasteiger charge is -2.36. The number of carbonyl (C=O) groups is 1. The van der Waals surface area contributed by atoms with Crippen LogP contribution in [0.25, 0.3) is 0 Å². The van der Waals surface area contributed by atoms with Gasteiger partial charge in [-0.1, -0.05) is 29.3 Å². The summed E-state index contributed by atoms with van der Waals surface area (Å²) >= 11 is 11.9. The maximum atomic E-state index is 11.8. The first kappa shape index (κ1) is 13.5. The van der Waals surface area contributed by atoms with Gasteiger partial charge in [-0.25, -0.2) is 0 Å². The molecule has 2 aromatic rings. The molecule has 0 radical (unpaired) electrons. The van der Waals surface area contributed by atoms with Crippen molar-refractivity contribution in [2.45, 2.75) is 24.8 Å². The summed E-state index contributed by atoms with van der Waals surface area (Å²) < 4.78 is 0. The van der Waals surface area contributed by atoms with E-state index in [1.54, 1.807) is 12.3 Å². The highest BCUT2D eigenvalue weighted by Crippen LogP contribution is 2.38. The van der Waals surface area contributed by atoms with E-state index in [-0.39, 0.29) is 11.9 Å². The minimum atomic E-state index is -0.111. The summed E-state index contributed by atoms with van der Waals surface area (Å²) in [5.74, 6) is 0.317. The van der Waals surface area contributed by atoms with E-state index in [1.165, 1.54) is 5.56 Å². The first-order chi connectivity index (χ1) is 9.63. The monoisotopic (exact) mass is 309 g/mol. The summed E-state index contributed by atoms with van der Waals surface area (Å²) in [4.78, 5) is 11.8. The number of hydrogen-bond acceptors (Lipinski definition) is 2. The van der Waals surface area contributed by atoms with Gasteiger partial charge in [-0.2, -0.15) is 5.10 Å². The second-order valence-corrected chi connectivity index (χ2v) is 5.80. The lowest BCUT2D eigenvalue weighted by atomic mass is 9.76. The van der Waals surface area contributed by atoms with Crippen molar-refractivity contribution in [3.8, 4) is 0 Å². The molecule has 104 valence electrons. The normalized spacial score (nSPS) is 21.3. The maximum absolute atomic E-state index is 11.8. The molecule has 0 saturated heterocycles. The third-order valence-electron chi connectivity index (χ3n) is 3.63. The predicted octanol–water partition coefficient (Wildman–Crippen LogP) is 3.39. The molecule has 0 unspecified atom stereocenters. The van der Waals surface area contributed by atoms with E-state index >= 15 is 0 Å². The minimum absolute atomic E-state index is 0.111. The fourth-order valence-electron chi connectivity index (χ4n) is 2.42. The van der Waals surface area contributed by atoms with Crippen LogP contribution in [0, 0.1) is 0 Å². The van der Waals surface area contributed by atoms with Crippen molar-refractivity contribution in [3.63, 3.8) is 0 Å². The number of H-pyrrole nitrogens is 1. The summed E-state index contributed by atoms with van der Waals surface area (Å²) in [6.07, 6.45) is 3.39. The quantitative estimate of drug-likeness (QED) is 0.913. The molecule has 1 aliphatic rings. The van der Waals surface area contributed by atoms with Crippen LogP contribution in [0.4, 0.5) is 0 Å². The fraction of sp³-hybridized carbons (Fsp3) is 0.286. The number of nitrogens with one attached hydrogen (secondary N) is 2. The van der Waals surface area contributed by atoms with Crippen LogP contribution < -0.4 is 5.32 Å². The van der Waals surface area contributed by atoms with Crippen LogP contribution >= 0.6 is 23.2 Å². The zero-order valence-electron chi connectivity index (χ0n) is 10.6. The van der Waals surface area contributed by atoms with Crippen LogP contribution in [0.15, 0.2) is 30.5 Å². The topological polar surface area (TPSA) is 57.8 Å². The Labute approximate surface area is 126 Å². The number of benzene rings is 1. The van der Waals surface area contributed by atoms with Crippen molar-refractivity contribution >= 4 is 29.1 Å². The number of carbonyl (C=O) groups excluding carboxylic acids is 1. The molecule has 0 bridgehead atoms. The zero-order chi connectivity index (χ0) is 14.1. The molecule has 0 atom stereocenters. The molecule has 1 aliphatic carbocycles. The smallest absolute Gasteiger partial charge is 0.269 e. The van der Waals surface area contributed by atoms with E-state index in [0.29, 0.717) is 21.7 Å². The van der Waals surface area contributed by atoms with E-state index < -0.39 is 0 Å². The molecule has 3 rings (SSSR count). The molecular weight excluding hydrogens is 297 g/mol. The van der Waals surface area contributed by atoms with Crippen LogP contribution in [0.3, 0.4) is 0 Å². The van der Waals surface area contributed by atoms with Crippen molar-refractivity contribution < 1.29 is 4.79 Å². The van der Waals surface area contributed by atoms with Crippen LogP contribution in [0.1, 0.15) is 34.8 Å². The van der Waals surface area contributed by atoms with Gasteiger partial charge in [-0.05, 0) is 42.5 Å². The summed E-state index contributed by atoms with van der Waals surface area (Å²) in [6, 6.07) is 7.57. The molecule has 6 heteroatoms. The maximum Gasteiger partial charge on any atom is 0.269 e. The number of amides is 1. The number of aromatic amines is 1. The van der Waals surface area contributed by atoms with Gasteiger partial charge < -0.3 is 5.32 Å². The zero-order valence-corrected chi connectivity index (χ0v) is 12.1. The van der Waals surface area contributed by atoms with Crippen molar-refractivity contribution in [1.29, 1.82) is 0 Å². The number of halogens is 2. The average molecular weight is 310 g/mol. The lowest BCUT2D eigenvalue weighted by molar-refractivity contribution is 0.0904. The lowest BCUT2D eigenvalue weighted by Crippen LogP contribution is -2.43. The molecule has 1 aromatic carbocycles. The van der Waals surface area contributed by atoms with Crippen molar-refractivity contribution in [2.75, 3.05) is 0 Å². The summed E-state index contributed by atoms with van der Waals surface area (Å²) in [5.41, 5.74) is 1.66. The van der Waals surface area contributed by atoms with Crippen molar-refractivity contribution in [3.05, 3.63) is 51.8 Å². The van der Waals surface area contributed by atoms with E-state index in [1.807, 2.05) is 18.2 Å². The van der Waals surface area contributed by atoms with Gasteiger partial charge in [0.05, 0.1) is 10.0 Å². The van der Waals surface area contributed by atoms with E-state index in [9.17, 15) is 4.79 Å². The number of nitrogens with zero attached hydrogens (tertiary/aromatic N) is 1. The van der Waals surface area contributed by atoms with Gasteiger partial charge in [0.2, 0.25) is 0 Å². The van der Waals surface area contributed by atoms with E-state index in [4.69, 9.17) is 23.2 Å². The molecule has 0 spiro atoms. The molecule has 1 aromatic heterocycles. The molecule has 1 fully saturated rings. The van der Waals surface area contributed by atoms with Crippen LogP contribution in [-0.4, -0.2) is 22.1 Å². The molecule has 4 nitrogen and oxygen atoms in total. The molecule has 2 N–H and O–H groups in total. The molecule has 1 amide bonds. The summed E-state index contributed by atoms with van der Waals surface area (Å²) in [5, 5.41) is 10.5. The number of rotatable bonds is 3. The molecule has 0 aliphatic heterocycles. The average Bonchev–Trinajstić information content (AvgIpc) is 2.90. The Bertz CT molecular complexity index is 621. The van der Waals surface area contributed by atoms with Gasteiger partial charge in [-0.15, -0.1) is 0 Å². The summed E-state index contributed by atoms with van der Waals surface area (Å²) in [6.45, 7) is 0. The van der Waals surface area contributed by atoms with Gasteiger partial charge in [0.1, 0.15) is 5.69 Å². The Balaban J connectivity index is 1.56. The third kappa shape index (κ3) is 2.67. The number of aromatic nitrogens is 2. The Morgan fingerprint density at radius 1 is 1.25 bits per heavy atom. The largest absolute Gasteiger partial charge is 0.348 e. The van der Waals surface area contributed by atoms with Gasteiger partial charge >= 0.3 is 0 Å². The highest BCUT2D eigenvalue weighted by molar-refractivity contribution is 6.42. The van der Waals surface area contributed by atoms with Crippen molar-refractivity contribution in [1.82, 2.24) is 15.5 Å². The Kier molecular flexibility index (Phi) is 3.68. The SMILES string of the molecule is O=C(NC1CC(c2ccc(Cl)c(Cl)c2)C1)c1ccn[nH]1. The van der Waals surface area contributed by atoms with Gasteiger partial charge in [-0.3, -0.25) is 9.89 Å². The minimum Gasteiger partial charge on any atom is -0.348 e. The Morgan fingerprint density at radius 3 is 2.70 bits per heavy atom. The van der Waals surface area contributed by atoms with Crippen LogP contribution in [0.5, 0.6) is 0 Å². The predicted molar refractivity (Wildman–Crippen MR) is 78.3 cm³/mol. The second-order valence-electron chi connectivity index (χ2n) is 4.98. The molecule has 20 heavy (non-hydrogen) atoms. The Morgan fingerprint density at radius 2 is 2.05 bits per heavy atom. The van der Waals surface area contributed by atoms with Crippen LogP contribution in [-0.2, 0) is 0 Å². The Hall–Kier alpha value is -1.52. The number of hydrogen-bond donors (Lipinski definition) is 2. The van der Waals surface area contributed by atoms with Gasteiger partial charge in [0.15, 0.2) is 0 Å². The molecule has 1 heterocycles. The molecular formula is C14H13Cl2N3O. The van der Waals surface area contributed by atoms with Gasteiger partial charge in [0, 0.05) is 12.2 Å². The second kappa shape index (κ2) is 5.46. The van der Waals surface area contributed by atoms with E-state index in [0.717, 1.165) is 12.8 Å². The van der Waals surface area contributed by atoms with Gasteiger partial charge in [0.25, 0.3) is 5.91 Å². The standard InChI is InChI=1S/C14H13Cl2N3O/c15-11-2-1-8(7-12(11)16)9-5-10(6-9)18-14(20)13-3-4-17-19-13/h1-4,7,9-10H,5-6H2,(H,17,19)(H,18,20). The first-order valence-corrected chi connectivity index (χ1v) is 7.14. The van der Waals surface area contributed by atoms with Crippen LogP contribution in [0.2, 0.25) is 10.0 Å². The third-order valence-corrected chi connectivity index (χ3v) is 4.37. The van der Waals surface area contributed by atoms with Crippen molar-refractivity contribution in [2.24, 2.45) is 0 Å². The fourth-order valence-corrected chi connectivity index (χ4v) is 2.73.